The van der Waals surface area contributed by atoms with Gasteiger partial charge in [0.25, 0.3) is 0 Å². The second kappa shape index (κ2) is 3.77. The van der Waals surface area contributed by atoms with E-state index in [1.54, 1.807) is 0 Å². The molecule has 3 heteroatoms. The van der Waals surface area contributed by atoms with Crippen molar-refractivity contribution in [1.82, 2.24) is 0 Å². The summed E-state index contributed by atoms with van der Waals surface area (Å²) in [4.78, 5) is 10.9. The second-order valence-electron chi connectivity index (χ2n) is 3.30. The van der Waals surface area contributed by atoms with Gasteiger partial charge < -0.3 is 0 Å². The predicted molar refractivity (Wildman–Crippen MR) is 47.0 cm³/mol. The van der Waals surface area contributed by atoms with E-state index in [4.69, 9.17) is 23.2 Å². The standard InChI is InChI=1S/C8H12Cl2O/c1-5-2-3-6(9)4-7(5)8(10)11/h5-7H,2-4H2,1H3/t5-,6-,7-/m0/s1. The van der Waals surface area contributed by atoms with Gasteiger partial charge >= 0.3 is 0 Å². The lowest BCUT2D eigenvalue weighted by Gasteiger charge is -2.28. The summed E-state index contributed by atoms with van der Waals surface area (Å²) in [5.74, 6) is 0.405. The van der Waals surface area contributed by atoms with E-state index >= 15 is 0 Å². The average Bonchev–Trinajstić information content (AvgIpc) is 1.94. The number of carbonyl (C=O) groups is 1. The number of hydrogen-bond acceptors (Lipinski definition) is 1. The molecule has 0 aromatic rings. The summed E-state index contributed by atoms with van der Waals surface area (Å²) in [6.07, 6.45) is 2.80. The molecule has 11 heavy (non-hydrogen) atoms. The molecule has 1 saturated carbocycles. The Bertz CT molecular complexity index is 158. The highest BCUT2D eigenvalue weighted by atomic mass is 35.5. The molecule has 1 nitrogen and oxygen atoms in total. The van der Waals surface area contributed by atoms with E-state index in [9.17, 15) is 4.79 Å². The van der Waals surface area contributed by atoms with Crippen molar-refractivity contribution in [2.75, 3.05) is 0 Å². The van der Waals surface area contributed by atoms with Crippen LogP contribution in [0.25, 0.3) is 0 Å². The first-order valence-corrected chi connectivity index (χ1v) is 4.76. The zero-order valence-electron chi connectivity index (χ0n) is 6.52. The van der Waals surface area contributed by atoms with Crippen LogP contribution in [-0.2, 0) is 4.79 Å². The van der Waals surface area contributed by atoms with Gasteiger partial charge in [-0.3, -0.25) is 4.79 Å². The summed E-state index contributed by atoms with van der Waals surface area (Å²) in [5.41, 5.74) is 0. The maximum Gasteiger partial charge on any atom is 0.225 e. The van der Waals surface area contributed by atoms with E-state index in [1.165, 1.54) is 0 Å². The smallest absolute Gasteiger partial charge is 0.225 e. The van der Waals surface area contributed by atoms with Crippen LogP contribution in [0, 0.1) is 11.8 Å². The average molecular weight is 195 g/mol. The largest absolute Gasteiger partial charge is 0.281 e. The van der Waals surface area contributed by atoms with Crippen LogP contribution >= 0.6 is 23.2 Å². The maximum atomic E-state index is 10.9. The highest BCUT2D eigenvalue weighted by molar-refractivity contribution is 6.64. The topological polar surface area (TPSA) is 17.1 Å². The van der Waals surface area contributed by atoms with Gasteiger partial charge in [-0.05, 0) is 36.8 Å². The first-order valence-electron chi connectivity index (χ1n) is 3.94. The number of alkyl halides is 1. The molecule has 1 aliphatic carbocycles. The molecule has 1 rings (SSSR count). The third-order valence-electron chi connectivity index (χ3n) is 2.42. The third-order valence-corrected chi connectivity index (χ3v) is 3.10. The van der Waals surface area contributed by atoms with Gasteiger partial charge in [0, 0.05) is 11.3 Å². The molecule has 0 unspecified atom stereocenters. The zero-order chi connectivity index (χ0) is 8.43. The van der Waals surface area contributed by atoms with Gasteiger partial charge in [-0.1, -0.05) is 6.92 Å². The van der Waals surface area contributed by atoms with Gasteiger partial charge in [0.05, 0.1) is 0 Å². The first kappa shape index (κ1) is 9.34. The Hall–Kier alpha value is 0.250. The van der Waals surface area contributed by atoms with Crippen molar-refractivity contribution in [3.8, 4) is 0 Å². The zero-order valence-corrected chi connectivity index (χ0v) is 8.03. The lowest BCUT2D eigenvalue weighted by atomic mass is 9.81. The number of rotatable bonds is 1. The van der Waals surface area contributed by atoms with Crippen molar-refractivity contribution < 1.29 is 4.79 Å². The Morgan fingerprint density at radius 3 is 2.55 bits per heavy atom. The molecule has 3 atom stereocenters. The fourth-order valence-corrected chi connectivity index (χ4v) is 2.21. The van der Waals surface area contributed by atoms with Crippen molar-refractivity contribution in [3.63, 3.8) is 0 Å². The molecule has 0 heterocycles. The number of halogens is 2. The fraction of sp³-hybridized carbons (Fsp3) is 0.875. The minimum Gasteiger partial charge on any atom is -0.281 e. The molecular weight excluding hydrogens is 183 g/mol. The molecule has 0 radical (unpaired) electrons. The minimum absolute atomic E-state index is 0.00656. The van der Waals surface area contributed by atoms with Crippen molar-refractivity contribution in [1.29, 1.82) is 0 Å². The van der Waals surface area contributed by atoms with Crippen LogP contribution in [0.4, 0.5) is 0 Å². The van der Waals surface area contributed by atoms with Crippen molar-refractivity contribution in [2.24, 2.45) is 11.8 Å². The van der Waals surface area contributed by atoms with Crippen LogP contribution < -0.4 is 0 Å². The van der Waals surface area contributed by atoms with E-state index in [2.05, 4.69) is 6.92 Å². The van der Waals surface area contributed by atoms with Crippen molar-refractivity contribution in [2.45, 2.75) is 31.6 Å². The molecule has 0 aliphatic heterocycles. The second-order valence-corrected chi connectivity index (χ2v) is 4.29. The maximum absolute atomic E-state index is 10.9. The van der Waals surface area contributed by atoms with Gasteiger partial charge in [0.2, 0.25) is 5.24 Å². The molecule has 1 aliphatic rings. The highest BCUT2D eigenvalue weighted by Gasteiger charge is 2.30. The molecule has 0 aromatic carbocycles. The summed E-state index contributed by atoms with van der Waals surface area (Å²) in [7, 11) is 0. The minimum atomic E-state index is -0.220. The molecule has 0 aromatic heterocycles. The lowest BCUT2D eigenvalue weighted by molar-refractivity contribution is -0.117. The number of hydrogen-bond donors (Lipinski definition) is 0. The van der Waals surface area contributed by atoms with Crippen LogP contribution in [-0.4, -0.2) is 10.6 Å². The Morgan fingerprint density at radius 2 is 2.09 bits per heavy atom. The van der Waals surface area contributed by atoms with Gasteiger partial charge in [0.15, 0.2) is 0 Å². The SMILES string of the molecule is C[C@H]1CC[C@H](Cl)C[C@@H]1C(=O)Cl. The summed E-state index contributed by atoms with van der Waals surface area (Å²) >= 11 is 11.3. The molecule has 0 amide bonds. The van der Waals surface area contributed by atoms with Crippen LogP contribution in [0.1, 0.15) is 26.2 Å². The Balaban J connectivity index is 2.54. The fourth-order valence-electron chi connectivity index (χ4n) is 1.59. The Kier molecular flexibility index (Phi) is 3.20. The lowest BCUT2D eigenvalue weighted by Crippen LogP contribution is -2.27. The van der Waals surface area contributed by atoms with Crippen LogP contribution in [0.3, 0.4) is 0 Å². The summed E-state index contributed by atoms with van der Waals surface area (Å²) in [6.45, 7) is 2.06. The predicted octanol–water partition coefficient (Wildman–Crippen LogP) is 2.80. The van der Waals surface area contributed by atoms with E-state index in [-0.39, 0.29) is 16.5 Å². The third kappa shape index (κ3) is 2.34. The van der Waals surface area contributed by atoms with Crippen molar-refractivity contribution in [3.05, 3.63) is 0 Å². The van der Waals surface area contributed by atoms with E-state index in [0.29, 0.717) is 5.92 Å². The molecule has 1 fully saturated rings. The van der Waals surface area contributed by atoms with Gasteiger partial charge in [-0.15, -0.1) is 11.6 Å². The molecule has 0 saturated heterocycles. The van der Waals surface area contributed by atoms with Crippen LogP contribution in [0.15, 0.2) is 0 Å². The highest BCUT2D eigenvalue weighted by Crippen LogP contribution is 2.33. The molecule has 64 valence electrons. The van der Waals surface area contributed by atoms with E-state index < -0.39 is 0 Å². The van der Waals surface area contributed by atoms with Gasteiger partial charge in [0.1, 0.15) is 0 Å². The number of carbonyl (C=O) groups excluding carboxylic acids is 1. The normalized spacial score (nSPS) is 38.6. The van der Waals surface area contributed by atoms with Gasteiger partial charge in [-0.25, -0.2) is 0 Å². The quantitative estimate of drug-likeness (QED) is 0.464. The molecule has 0 spiro atoms. The van der Waals surface area contributed by atoms with Crippen molar-refractivity contribution >= 4 is 28.4 Å². The van der Waals surface area contributed by atoms with E-state index in [0.717, 1.165) is 19.3 Å². The Labute approximate surface area is 77.1 Å². The molecule has 0 N–H and O–H groups in total. The summed E-state index contributed by atoms with van der Waals surface area (Å²) in [6, 6.07) is 0. The molecular formula is C8H12Cl2O. The summed E-state index contributed by atoms with van der Waals surface area (Å²) < 4.78 is 0. The summed E-state index contributed by atoms with van der Waals surface area (Å²) in [5, 5.41) is -0.0678. The van der Waals surface area contributed by atoms with E-state index in [1.807, 2.05) is 0 Å². The monoisotopic (exact) mass is 194 g/mol. The van der Waals surface area contributed by atoms with Gasteiger partial charge in [-0.2, -0.15) is 0 Å². The molecule has 0 bridgehead atoms. The Morgan fingerprint density at radius 1 is 1.45 bits per heavy atom. The van der Waals surface area contributed by atoms with Crippen LogP contribution in [0.2, 0.25) is 0 Å². The first-order chi connectivity index (χ1) is 5.11. The van der Waals surface area contributed by atoms with Crippen LogP contribution in [0.5, 0.6) is 0 Å².